The molecule has 2 heterocycles. The van der Waals surface area contributed by atoms with E-state index in [-0.39, 0.29) is 0 Å². The van der Waals surface area contributed by atoms with Gasteiger partial charge in [-0.2, -0.15) is 0 Å². The highest BCUT2D eigenvalue weighted by molar-refractivity contribution is 4.97. The van der Waals surface area contributed by atoms with Gasteiger partial charge in [-0.15, -0.1) is 0 Å². The zero-order valence-electron chi connectivity index (χ0n) is 11.6. The average molecular weight is 252 g/mol. The molecule has 0 radical (unpaired) electrons. The van der Waals surface area contributed by atoms with Gasteiger partial charge in [0, 0.05) is 25.7 Å². The molecule has 1 N–H and O–H groups in total. The lowest BCUT2D eigenvalue weighted by Crippen LogP contribution is -2.51. The Morgan fingerprint density at radius 3 is 2.72 bits per heavy atom. The number of hydrogen-bond donors (Lipinski definition) is 1. The molecule has 2 rings (SSSR count). The van der Waals surface area contributed by atoms with Crippen LogP contribution in [0.3, 0.4) is 0 Å². The number of nitrogens with zero attached hydrogens (tertiary/aromatic N) is 1. The van der Waals surface area contributed by atoms with Crippen LogP contribution in [-0.2, 0) is 11.3 Å². The lowest BCUT2D eigenvalue weighted by atomic mass is 10.1. The van der Waals surface area contributed by atoms with Crippen LogP contribution >= 0.6 is 0 Å². The number of ether oxygens (including phenoxy) is 1. The van der Waals surface area contributed by atoms with Crippen LogP contribution in [0.25, 0.3) is 0 Å². The number of hydrogen-bond acceptors (Lipinski definition) is 4. The van der Waals surface area contributed by atoms with Crippen molar-refractivity contribution >= 4 is 0 Å². The van der Waals surface area contributed by atoms with E-state index in [1.165, 1.54) is 0 Å². The largest absolute Gasteiger partial charge is 0.468 e. The molecule has 0 bridgehead atoms. The van der Waals surface area contributed by atoms with Crippen LogP contribution in [0.5, 0.6) is 0 Å². The smallest absolute Gasteiger partial charge is 0.117 e. The standard InChI is InChI=1S/C14H24N2O2/c1-11(7-15-8-14-5-4-6-17-14)16-9-12(2)18-13(3)10-16/h4-6,11-13,15H,7-10H2,1-3H3. The molecule has 0 amide bonds. The van der Waals surface area contributed by atoms with Crippen LogP contribution in [-0.4, -0.2) is 42.8 Å². The summed E-state index contributed by atoms with van der Waals surface area (Å²) in [5.41, 5.74) is 0. The maximum atomic E-state index is 5.75. The highest BCUT2D eigenvalue weighted by Crippen LogP contribution is 2.13. The molecule has 0 aromatic carbocycles. The van der Waals surface area contributed by atoms with Crippen LogP contribution in [0.15, 0.2) is 22.8 Å². The monoisotopic (exact) mass is 252 g/mol. The van der Waals surface area contributed by atoms with E-state index in [0.717, 1.165) is 31.9 Å². The lowest BCUT2D eigenvalue weighted by molar-refractivity contribution is -0.0781. The molecule has 1 aliphatic rings. The van der Waals surface area contributed by atoms with Crippen molar-refractivity contribution in [1.29, 1.82) is 0 Å². The maximum absolute atomic E-state index is 5.75. The molecule has 1 aromatic rings. The van der Waals surface area contributed by atoms with E-state index < -0.39 is 0 Å². The molecule has 4 heteroatoms. The van der Waals surface area contributed by atoms with Gasteiger partial charge in [-0.1, -0.05) is 0 Å². The Bertz CT molecular complexity index is 330. The zero-order valence-corrected chi connectivity index (χ0v) is 11.6. The minimum atomic E-state index is 0.335. The second-order valence-electron chi connectivity index (χ2n) is 5.27. The van der Waals surface area contributed by atoms with Gasteiger partial charge in [0.05, 0.1) is 25.0 Å². The Labute approximate surface area is 109 Å². The van der Waals surface area contributed by atoms with Gasteiger partial charge in [0.15, 0.2) is 0 Å². The molecule has 1 fully saturated rings. The third kappa shape index (κ3) is 3.83. The summed E-state index contributed by atoms with van der Waals surface area (Å²) >= 11 is 0. The molecule has 1 saturated heterocycles. The fourth-order valence-electron chi connectivity index (χ4n) is 2.52. The maximum Gasteiger partial charge on any atom is 0.117 e. The molecule has 1 aromatic heterocycles. The molecule has 0 aliphatic carbocycles. The Kier molecular flexibility index (Phi) is 4.80. The molecule has 4 nitrogen and oxygen atoms in total. The normalized spacial score (nSPS) is 27.3. The molecule has 0 saturated carbocycles. The fourth-order valence-corrected chi connectivity index (χ4v) is 2.52. The van der Waals surface area contributed by atoms with Gasteiger partial charge >= 0.3 is 0 Å². The van der Waals surface area contributed by atoms with E-state index in [9.17, 15) is 0 Å². The van der Waals surface area contributed by atoms with Gasteiger partial charge in [-0.25, -0.2) is 0 Å². The summed E-state index contributed by atoms with van der Waals surface area (Å²) in [5.74, 6) is 0.992. The topological polar surface area (TPSA) is 37.6 Å². The summed E-state index contributed by atoms with van der Waals surface area (Å²) in [6.07, 6.45) is 2.38. The molecular formula is C14H24N2O2. The van der Waals surface area contributed by atoms with E-state index in [2.05, 4.69) is 31.0 Å². The van der Waals surface area contributed by atoms with Crippen molar-refractivity contribution < 1.29 is 9.15 Å². The SMILES string of the molecule is CC1CN(C(C)CNCc2ccco2)CC(C)O1. The molecule has 3 unspecified atom stereocenters. The summed E-state index contributed by atoms with van der Waals surface area (Å²) in [5, 5.41) is 3.44. The van der Waals surface area contributed by atoms with Gasteiger partial charge in [-0.05, 0) is 32.9 Å². The van der Waals surface area contributed by atoms with Crippen molar-refractivity contribution in [3.63, 3.8) is 0 Å². The second-order valence-corrected chi connectivity index (χ2v) is 5.27. The van der Waals surface area contributed by atoms with E-state index in [1.807, 2.05) is 12.1 Å². The van der Waals surface area contributed by atoms with Crippen molar-refractivity contribution in [2.24, 2.45) is 0 Å². The second kappa shape index (κ2) is 6.36. The predicted octanol–water partition coefficient (Wildman–Crippen LogP) is 1.87. The number of morpholine rings is 1. The Morgan fingerprint density at radius 1 is 1.39 bits per heavy atom. The zero-order chi connectivity index (χ0) is 13.0. The number of nitrogens with one attached hydrogen (secondary N) is 1. The quantitative estimate of drug-likeness (QED) is 0.868. The first-order valence-electron chi connectivity index (χ1n) is 6.77. The minimum absolute atomic E-state index is 0.335. The van der Waals surface area contributed by atoms with Crippen molar-refractivity contribution in [2.45, 2.75) is 45.6 Å². The van der Waals surface area contributed by atoms with Crippen LogP contribution in [0.1, 0.15) is 26.5 Å². The Morgan fingerprint density at radius 2 is 2.11 bits per heavy atom. The Hall–Kier alpha value is -0.840. The first kappa shape index (κ1) is 13.6. The minimum Gasteiger partial charge on any atom is -0.468 e. The van der Waals surface area contributed by atoms with E-state index in [4.69, 9.17) is 9.15 Å². The predicted molar refractivity (Wildman–Crippen MR) is 71.5 cm³/mol. The first-order valence-corrected chi connectivity index (χ1v) is 6.77. The third-order valence-electron chi connectivity index (χ3n) is 3.39. The van der Waals surface area contributed by atoms with Crippen LogP contribution < -0.4 is 5.32 Å². The van der Waals surface area contributed by atoms with E-state index in [0.29, 0.717) is 18.2 Å². The summed E-state index contributed by atoms with van der Waals surface area (Å²) in [6.45, 7) is 10.4. The highest BCUT2D eigenvalue weighted by atomic mass is 16.5. The summed E-state index contributed by atoms with van der Waals surface area (Å²) < 4.78 is 11.1. The van der Waals surface area contributed by atoms with Gasteiger partial charge in [0.1, 0.15) is 5.76 Å². The van der Waals surface area contributed by atoms with Crippen molar-refractivity contribution in [2.75, 3.05) is 19.6 Å². The first-order chi connectivity index (χ1) is 8.65. The fraction of sp³-hybridized carbons (Fsp3) is 0.714. The molecule has 18 heavy (non-hydrogen) atoms. The highest BCUT2D eigenvalue weighted by Gasteiger charge is 2.25. The van der Waals surface area contributed by atoms with Gasteiger partial charge in [0.25, 0.3) is 0 Å². The summed E-state index contributed by atoms with van der Waals surface area (Å²) in [7, 11) is 0. The summed E-state index contributed by atoms with van der Waals surface area (Å²) in [6, 6.07) is 4.44. The van der Waals surface area contributed by atoms with Crippen LogP contribution in [0.2, 0.25) is 0 Å². The molecule has 102 valence electrons. The van der Waals surface area contributed by atoms with Crippen molar-refractivity contribution in [3.05, 3.63) is 24.2 Å². The van der Waals surface area contributed by atoms with Crippen LogP contribution in [0, 0.1) is 0 Å². The van der Waals surface area contributed by atoms with E-state index >= 15 is 0 Å². The number of furan rings is 1. The molecular weight excluding hydrogens is 228 g/mol. The third-order valence-corrected chi connectivity index (χ3v) is 3.39. The summed E-state index contributed by atoms with van der Waals surface area (Å²) in [4.78, 5) is 2.49. The van der Waals surface area contributed by atoms with Crippen molar-refractivity contribution in [3.8, 4) is 0 Å². The molecule has 0 spiro atoms. The molecule has 1 aliphatic heterocycles. The lowest BCUT2D eigenvalue weighted by Gasteiger charge is -2.39. The van der Waals surface area contributed by atoms with Crippen LogP contribution in [0.4, 0.5) is 0 Å². The van der Waals surface area contributed by atoms with Gasteiger partial charge in [-0.3, -0.25) is 4.90 Å². The van der Waals surface area contributed by atoms with Gasteiger partial charge in [0.2, 0.25) is 0 Å². The number of rotatable bonds is 5. The molecule has 3 atom stereocenters. The van der Waals surface area contributed by atoms with E-state index in [1.54, 1.807) is 6.26 Å². The Balaban J connectivity index is 1.72. The van der Waals surface area contributed by atoms with Crippen molar-refractivity contribution in [1.82, 2.24) is 10.2 Å². The average Bonchev–Trinajstić information content (AvgIpc) is 2.80. The van der Waals surface area contributed by atoms with Gasteiger partial charge < -0.3 is 14.5 Å².